The van der Waals surface area contributed by atoms with Crippen molar-refractivity contribution in [3.8, 4) is 0 Å². The highest BCUT2D eigenvalue weighted by Crippen LogP contribution is 2.20. The summed E-state index contributed by atoms with van der Waals surface area (Å²) in [5, 5.41) is 13.1. The summed E-state index contributed by atoms with van der Waals surface area (Å²) in [5.41, 5.74) is 1.85. The van der Waals surface area contributed by atoms with E-state index in [4.69, 9.17) is 5.11 Å². The Labute approximate surface area is 111 Å². The Morgan fingerprint density at radius 1 is 1.47 bits per heavy atom. The predicted molar refractivity (Wildman–Crippen MR) is 72.5 cm³/mol. The van der Waals surface area contributed by atoms with Crippen LogP contribution in [-0.4, -0.2) is 38.3 Å². The molecule has 0 aromatic carbocycles. The van der Waals surface area contributed by atoms with Crippen molar-refractivity contribution in [2.24, 2.45) is 0 Å². The van der Waals surface area contributed by atoms with Crippen LogP contribution in [0.25, 0.3) is 5.65 Å². The van der Waals surface area contributed by atoms with Gasteiger partial charge in [-0.15, -0.1) is 0 Å². The fraction of sp³-hybridized carbons (Fsp3) is 0.462. The van der Waals surface area contributed by atoms with Crippen molar-refractivity contribution in [2.45, 2.75) is 33.2 Å². The second-order valence-corrected chi connectivity index (χ2v) is 4.85. The zero-order valence-corrected chi connectivity index (χ0v) is 11.4. The summed E-state index contributed by atoms with van der Waals surface area (Å²) in [5.74, 6) is 0.0805. The van der Waals surface area contributed by atoms with E-state index in [-0.39, 0.29) is 12.5 Å². The molecule has 2 aromatic heterocycles. The Hall–Kier alpha value is -2.11. The van der Waals surface area contributed by atoms with Gasteiger partial charge < -0.3 is 10.0 Å². The first kappa shape index (κ1) is 13.3. The molecule has 0 bridgehead atoms. The molecular weight excluding hydrogens is 244 g/mol. The highest BCUT2D eigenvalue weighted by atomic mass is 16.4. The van der Waals surface area contributed by atoms with Crippen molar-refractivity contribution in [1.29, 1.82) is 0 Å². The lowest BCUT2D eigenvalue weighted by atomic mass is 10.2. The number of anilines is 1. The monoisotopic (exact) mass is 262 g/mol. The second-order valence-electron chi connectivity index (χ2n) is 4.85. The first-order valence-corrected chi connectivity index (χ1v) is 6.28. The molecule has 2 heterocycles. The van der Waals surface area contributed by atoms with Crippen molar-refractivity contribution in [3.05, 3.63) is 24.0 Å². The van der Waals surface area contributed by atoms with Gasteiger partial charge in [-0.3, -0.25) is 4.79 Å². The Bertz CT molecular complexity index is 591. The number of carboxylic acids is 1. The van der Waals surface area contributed by atoms with Crippen LogP contribution in [0, 0.1) is 6.92 Å². The van der Waals surface area contributed by atoms with Crippen LogP contribution in [0.15, 0.2) is 18.5 Å². The number of carboxylic acid groups (broad SMARTS) is 1. The molecule has 2 aromatic rings. The maximum atomic E-state index is 10.8. The summed E-state index contributed by atoms with van der Waals surface area (Å²) in [6.07, 6.45) is 1.61. The molecule has 0 aliphatic rings. The lowest BCUT2D eigenvalue weighted by molar-refractivity contribution is -0.136. The van der Waals surface area contributed by atoms with Gasteiger partial charge in [-0.25, -0.2) is 4.98 Å². The number of nitrogens with zero attached hydrogens (tertiary/aromatic N) is 4. The minimum atomic E-state index is -0.798. The van der Waals surface area contributed by atoms with Crippen molar-refractivity contribution >= 4 is 17.4 Å². The maximum Gasteiger partial charge on any atom is 0.305 e. The van der Waals surface area contributed by atoms with E-state index >= 15 is 0 Å². The first-order chi connectivity index (χ1) is 8.99. The number of pyridine rings is 1. The molecular formula is C13H18N4O2. The smallest absolute Gasteiger partial charge is 0.305 e. The Balaban J connectivity index is 2.43. The molecule has 0 amide bonds. The highest BCUT2D eigenvalue weighted by molar-refractivity contribution is 5.67. The third kappa shape index (κ3) is 2.83. The molecule has 1 N–H and O–H groups in total. The first-order valence-electron chi connectivity index (χ1n) is 6.28. The highest BCUT2D eigenvalue weighted by Gasteiger charge is 2.16. The topological polar surface area (TPSA) is 70.7 Å². The van der Waals surface area contributed by atoms with Crippen LogP contribution in [0.5, 0.6) is 0 Å². The summed E-state index contributed by atoms with van der Waals surface area (Å²) in [6, 6.07) is 4.14. The lowest BCUT2D eigenvalue weighted by Gasteiger charge is -2.28. The summed E-state index contributed by atoms with van der Waals surface area (Å²) < 4.78 is 1.74. The van der Waals surface area contributed by atoms with Gasteiger partial charge in [0, 0.05) is 12.6 Å². The van der Waals surface area contributed by atoms with E-state index in [1.54, 1.807) is 4.52 Å². The molecule has 0 fully saturated rings. The van der Waals surface area contributed by atoms with Crippen LogP contribution in [0.3, 0.4) is 0 Å². The molecule has 2 rings (SSSR count). The number of rotatable bonds is 5. The van der Waals surface area contributed by atoms with E-state index in [9.17, 15) is 4.79 Å². The number of aryl methyl sites for hydroxylation is 1. The van der Waals surface area contributed by atoms with Gasteiger partial charge in [0.1, 0.15) is 12.1 Å². The predicted octanol–water partition coefficient (Wildman–Crippen LogP) is 1.73. The van der Waals surface area contributed by atoms with Crippen LogP contribution in [0.4, 0.5) is 5.82 Å². The van der Waals surface area contributed by atoms with E-state index in [1.165, 1.54) is 6.33 Å². The largest absolute Gasteiger partial charge is 0.481 e. The number of aliphatic carboxylic acids is 1. The number of fused-ring (bicyclic) bond motifs is 1. The summed E-state index contributed by atoms with van der Waals surface area (Å²) in [4.78, 5) is 17.0. The normalized spacial score (nSPS) is 11.2. The van der Waals surface area contributed by atoms with Gasteiger partial charge in [0.05, 0.1) is 6.42 Å². The van der Waals surface area contributed by atoms with Crippen LogP contribution >= 0.6 is 0 Å². The van der Waals surface area contributed by atoms with Crippen LogP contribution in [0.2, 0.25) is 0 Å². The Morgan fingerprint density at radius 3 is 2.84 bits per heavy atom. The molecule has 0 atom stereocenters. The minimum absolute atomic E-state index is 0.0995. The number of aromatic nitrogens is 3. The number of hydrogen-bond acceptors (Lipinski definition) is 4. The summed E-state index contributed by atoms with van der Waals surface area (Å²) in [6.45, 7) is 6.51. The Kier molecular flexibility index (Phi) is 3.69. The average Bonchev–Trinajstić information content (AvgIpc) is 2.75. The van der Waals surface area contributed by atoms with Gasteiger partial charge in [0.2, 0.25) is 0 Å². The van der Waals surface area contributed by atoms with Crippen molar-refractivity contribution in [1.82, 2.24) is 14.6 Å². The molecule has 102 valence electrons. The molecule has 0 aliphatic carbocycles. The van der Waals surface area contributed by atoms with E-state index < -0.39 is 5.97 Å². The van der Waals surface area contributed by atoms with Crippen LogP contribution in [0.1, 0.15) is 25.8 Å². The second kappa shape index (κ2) is 5.26. The third-order valence-corrected chi connectivity index (χ3v) is 2.99. The van der Waals surface area contributed by atoms with E-state index in [1.807, 2.05) is 37.8 Å². The van der Waals surface area contributed by atoms with Crippen LogP contribution in [-0.2, 0) is 4.79 Å². The molecule has 6 nitrogen and oxygen atoms in total. The van der Waals surface area contributed by atoms with Gasteiger partial charge in [0.25, 0.3) is 0 Å². The maximum absolute atomic E-state index is 10.8. The molecule has 0 radical (unpaired) electrons. The molecule has 0 saturated carbocycles. The van der Waals surface area contributed by atoms with Gasteiger partial charge in [-0.05, 0) is 38.5 Å². The molecule has 0 aliphatic heterocycles. The quantitative estimate of drug-likeness (QED) is 0.888. The number of carbonyl (C=O) groups is 1. The summed E-state index contributed by atoms with van der Waals surface area (Å²) >= 11 is 0. The zero-order valence-electron chi connectivity index (χ0n) is 11.4. The van der Waals surface area contributed by atoms with Crippen molar-refractivity contribution in [3.63, 3.8) is 0 Å². The fourth-order valence-corrected chi connectivity index (χ4v) is 2.09. The van der Waals surface area contributed by atoms with Crippen molar-refractivity contribution < 1.29 is 9.90 Å². The van der Waals surface area contributed by atoms with Gasteiger partial charge in [-0.2, -0.15) is 9.61 Å². The van der Waals surface area contributed by atoms with E-state index in [0.717, 1.165) is 17.0 Å². The Morgan fingerprint density at radius 2 is 2.21 bits per heavy atom. The van der Waals surface area contributed by atoms with Gasteiger partial charge in [0.15, 0.2) is 5.65 Å². The van der Waals surface area contributed by atoms with Crippen molar-refractivity contribution in [2.75, 3.05) is 11.4 Å². The number of hydrogen-bond donors (Lipinski definition) is 1. The fourth-order valence-electron chi connectivity index (χ4n) is 2.09. The van der Waals surface area contributed by atoms with E-state index in [2.05, 4.69) is 10.1 Å². The lowest BCUT2D eigenvalue weighted by Crippen LogP contribution is -2.34. The summed E-state index contributed by atoms with van der Waals surface area (Å²) in [7, 11) is 0. The van der Waals surface area contributed by atoms with E-state index in [0.29, 0.717) is 6.54 Å². The molecule has 0 saturated heterocycles. The standard InChI is InChI=1S/C13H18N4O2/c1-9(2)16(5-4-13(18)19)12-7-10(3)6-11-14-8-15-17(11)12/h6-9H,4-5H2,1-3H3,(H,18,19). The van der Waals surface area contributed by atoms with Gasteiger partial charge >= 0.3 is 5.97 Å². The third-order valence-electron chi connectivity index (χ3n) is 2.99. The average molecular weight is 262 g/mol. The SMILES string of the molecule is Cc1cc(N(CCC(=O)O)C(C)C)n2ncnc2c1. The molecule has 0 spiro atoms. The molecule has 6 heteroatoms. The minimum Gasteiger partial charge on any atom is -0.481 e. The zero-order chi connectivity index (χ0) is 14.0. The molecule has 0 unspecified atom stereocenters. The molecule has 19 heavy (non-hydrogen) atoms. The van der Waals surface area contributed by atoms with Crippen LogP contribution < -0.4 is 4.90 Å². The van der Waals surface area contributed by atoms with Gasteiger partial charge in [-0.1, -0.05) is 0 Å².